The minimum Gasteiger partial charge on any atom is -0.367 e. The van der Waals surface area contributed by atoms with Gasteiger partial charge in [-0.1, -0.05) is 23.7 Å². The summed E-state index contributed by atoms with van der Waals surface area (Å²) in [6.07, 6.45) is -0.339. The number of aromatic nitrogens is 2. The molecule has 0 atom stereocenters. The zero-order chi connectivity index (χ0) is 25.9. The molecule has 138 valence electrons. The van der Waals surface area contributed by atoms with E-state index in [0.717, 1.165) is 16.6 Å². The van der Waals surface area contributed by atoms with Crippen LogP contribution in [0.2, 0.25) is 5.75 Å². The number of benzene rings is 1. The number of hydrogen-bond acceptors (Lipinski definition) is 6. The third-order valence-corrected chi connectivity index (χ3v) is 5.31. The van der Waals surface area contributed by atoms with Crippen molar-refractivity contribution >= 4 is 39.0 Å². The van der Waals surface area contributed by atoms with Crippen LogP contribution in [-0.4, -0.2) is 34.0 Å². The van der Waals surface area contributed by atoms with Gasteiger partial charge >= 0.3 is 0 Å². The van der Waals surface area contributed by atoms with Gasteiger partial charge in [0, 0.05) is 28.3 Å². The molecule has 1 aliphatic heterocycles. The predicted octanol–water partition coefficient (Wildman–Crippen LogP) is 4.60. The average molecular weight is 406 g/mol. The van der Waals surface area contributed by atoms with Crippen molar-refractivity contribution in [3.05, 3.63) is 51.5 Å². The number of thiophene rings is 1. The second kappa shape index (κ2) is 7.81. The van der Waals surface area contributed by atoms with Gasteiger partial charge < -0.3 is 5.31 Å². The molecule has 7 heteroatoms. The van der Waals surface area contributed by atoms with Crippen molar-refractivity contribution in [2.24, 2.45) is 0 Å². The summed E-state index contributed by atoms with van der Waals surface area (Å²) < 4.78 is 67.7. The van der Waals surface area contributed by atoms with E-state index in [1.807, 2.05) is 6.07 Å². The van der Waals surface area contributed by atoms with Crippen molar-refractivity contribution in [2.75, 3.05) is 18.4 Å². The number of halogens is 1. The molecule has 1 saturated heterocycles. The Bertz CT molecular complexity index is 1370. The monoisotopic (exact) mass is 405 g/mol. The van der Waals surface area contributed by atoms with Crippen LogP contribution in [0, 0.1) is 18.3 Å². The van der Waals surface area contributed by atoms with E-state index < -0.39 is 12.5 Å². The van der Waals surface area contributed by atoms with Crippen molar-refractivity contribution in [2.45, 2.75) is 32.3 Å². The molecule has 0 unspecified atom stereocenters. The first kappa shape index (κ1) is 11.0. The highest BCUT2D eigenvalue weighted by molar-refractivity contribution is 7.22. The molecule has 1 aromatic carbocycles. The van der Waals surface area contributed by atoms with Gasteiger partial charge in [-0.2, -0.15) is 5.26 Å². The van der Waals surface area contributed by atoms with Crippen molar-refractivity contribution < 1.29 is 11.0 Å². The highest BCUT2D eigenvalue weighted by atomic mass is 35.5. The molecule has 1 aliphatic rings. The first-order chi connectivity index (χ1) is 16.3. The molecule has 1 fully saturated rings. The van der Waals surface area contributed by atoms with Crippen LogP contribution in [0.15, 0.2) is 30.5 Å². The molecule has 0 spiro atoms. The van der Waals surface area contributed by atoms with E-state index in [9.17, 15) is 5.26 Å². The maximum Gasteiger partial charge on any atom is 0.162 e. The summed E-state index contributed by atoms with van der Waals surface area (Å²) in [4.78, 5) is 9.64. The summed E-state index contributed by atoms with van der Waals surface area (Å²) in [7, 11) is 0. The Labute approximate surface area is 178 Å². The Morgan fingerprint density at radius 2 is 2.33 bits per heavy atom. The largest absolute Gasteiger partial charge is 0.367 e. The number of nitrogens with one attached hydrogen (secondary N) is 1. The average Bonchev–Trinajstić information content (AvgIpc) is 3.05. The van der Waals surface area contributed by atoms with E-state index in [4.69, 9.17) is 22.6 Å². The molecule has 0 bridgehead atoms. The second-order valence-corrected chi connectivity index (χ2v) is 7.66. The van der Waals surface area contributed by atoms with E-state index >= 15 is 0 Å². The highest BCUT2D eigenvalue weighted by Gasteiger charge is 2.20. The molecular formula is C20H20ClN5S. The topological polar surface area (TPSA) is 64.8 Å². The lowest BCUT2D eigenvalue weighted by Gasteiger charge is -2.32. The molecule has 0 saturated carbocycles. The standard InChI is InChI=1S/C20H20ClN5S/c1-13-2-3-14(8-15(13)10-22)11-26-6-4-16(5-7-26)25-19-17-9-18(21)27-20(17)24-12-23-19/h2-3,8-9,12,16H,4-7,11H2,1H3,(H,23,24,25)/i3D,8D,9D,11D2,12D,16D/hD. The van der Waals surface area contributed by atoms with Gasteiger partial charge in [-0.3, -0.25) is 4.90 Å². The number of likely N-dealkylation sites (tertiary alicyclic amines) is 1. The van der Waals surface area contributed by atoms with Crippen LogP contribution in [0.1, 0.15) is 39.1 Å². The van der Waals surface area contributed by atoms with Crippen LogP contribution in [0.3, 0.4) is 0 Å². The highest BCUT2D eigenvalue weighted by Crippen LogP contribution is 2.32. The van der Waals surface area contributed by atoms with Crippen molar-refractivity contribution in [1.82, 2.24) is 14.9 Å². The number of piperidine rings is 1. The molecule has 0 amide bonds. The number of nitrogens with zero attached hydrogens (tertiary/aromatic N) is 4. The van der Waals surface area contributed by atoms with Gasteiger partial charge in [0.25, 0.3) is 0 Å². The minimum absolute atomic E-state index is 0.0116. The van der Waals surface area contributed by atoms with E-state index in [0.29, 0.717) is 5.56 Å². The molecular weight excluding hydrogens is 378 g/mol. The first-order valence-electron chi connectivity index (χ1n) is 12.3. The predicted molar refractivity (Wildman–Crippen MR) is 110 cm³/mol. The summed E-state index contributed by atoms with van der Waals surface area (Å²) in [5, 5.41) is 10.4. The van der Waals surface area contributed by atoms with Gasteiger partial charge in [0.2, 0.25) is 0 Å². The van der Waals surface area contributed by atoms with Crippen LogP contribution < -0.4 is 5.31 Å². The van der Waals surface area contributed by atoms with E-state index in [2.05, 4.69) is 9.97 Å². The molecule has 4 rings (SSSR count). The Hall–Kier alpha value is -2.20. The van der Waals surface area contributed by atoms with Crippen LogP contribution in [-0.2, 0) is 6.50 Å². The Kier molecular flexibility index (Phi) is 3.17. The van der Waals surface area contributed by atoms with Crippen LogP contribution >= 0.6 is 22.9 Å². The Morgan fingerprint density at radius 3 is 3.11 bits per heavy atom. The van der Waals surface area contributed by atoms with Gasteiger partial charge in [-0.25, -0.2) is 9.97 Å². The number of nitriles is 1. The third kappa shape index (κ3) is 4.06. The quantitative estimate of drug-likeness (QED) is 0.687. The smallest absolute Gasteiger partial charge is 0.162 e. The van der Waals surface area contributed by atoms with E-state index in [1.54, 1.807) is 6.92 Å². The molecule has 3 heterocycles. The number of hydrogen-bond donors (Lipinski definition) is 1. The molecule has 1 N–H and O–H groups in total. The van der Waals surface area contributed by atoms with Gasteiger partial charge in [-0.05, 0) is 43.0 Å². The van der Waals surface area contributed by atoms with Crippen LogP contribution in [0.25, 0.3) is 10.2 Å². The molecule has 0 aliphatic carbocycles. The lowest BCUT2D eigenvalue weighted by molar-refractivity contribution is 0.211. The maximum atomic E-state index is 9.38. The SMILES string of the molecule is [2H]c1nc(N([2H])C2([2H])CCN(C([2H])([2H])c3c([2H])cc(C)c(C#N)c3[2H])CC2)c2c([2H])c(Cl)sc2n1. The maximum absolute atomic E-state index is 9.38. The fraction of sp³-hybridized carbons (Fsp3) is 0.350. The van der Waals surface area contributed by atoms with Gasteiger partial charge in [0.05, 0.1) is 26.8 Å². The number of fused-ring (bicyclic) bond motifs is 1. The van der Waals surface area contributed by atoms with Crippen molar-refractivity contribution in [3.8, 4) is 6.07 Å². The molecule has 0 radical (unpaired) electrons. The second-order valence-electron chi connectivity index (χ2n) is 6.06. The van der Waals surface area contributed by atoms with Crippen LogP contribution in [0.4, 0.5) is 5.82 Å². The molecule has 2 aromatic heterocycles. The summed E-state index contributed by atoms with van der Waals surface area (Å²) in [6.45, 7) is -0.587. The normalized spacial score (nSPS) is 21.7. The Balaban J connectivity index is 1.64. The summed E-state index contributed by atoms with van der Waals surface area (Å²) >= 11 is 7.06. The summed E-state index contributed by atoms with van der Waals surface area (Å²) in [6, 6.07) is 1.17. The fourth-order valence-electron chi connectivity index (χ4n) is 2.78. The zero-order valence-electron chi connectivity index (χ0n) is 22.4. The van der Waals surface area contributed by atoms with E-state index in [1.165, 1.54) is 11.0 Å². The first-order valence-corrected chi connectivity index (χ1v) is 9.50. The summed E-state index contributed by atoms with van der Waals surface area (Å²) in [5.74, 6) is -0.0707. The van der Waals surface area contributed by atoms with Crippen LogP contribution in [0.5, 0.6) is 0 Å². The lowest BCUT2D eigenvalue weighted by atomic mass is 10.0. The van der Waals surface area contributed by atoms with E-state index in [-0.39, 0.29) is 81.9 Å². The summed E-state index contributed by atoms with van der Waals surface area (Å²) in [5.41, 5.74) is 0.245. The molecule has 5 nitrogen and oxygen atoms in total. The van der Waals surface area contributed by atoms with Gasteiger partial charge in [-0.15, -0.1) is 11.3 Å². The zero-order valence-corrected chi connectivity index (χ0v) is 16.0. The Morgan fingerprint density at radius 1 is 1.52 bits per heavy atom. The number of rotatable bonds is 4. The number of anilines is 1. The van der Waals surface area contributed by atoms with Gasteiger partial charge in [0.1, 0.15) is 18.3 Å². The number of aryl methyl sites for hydroxylation is 1. The molecule has 3 aromatic rings. The van der Waals surface area contributed by atoms with Gasteiger partial charge in [0.15, 0.2) is 1.41 Å². The molecule has 27 heavy (non-hydrogen) atoms. The lowest BCUT2D eigenvalue weighted by Crippen LogP contribution is -2.38. The van der Waals surface area contributed by atoms with Crippen molar-refractivity contribution in [3.63, 3.8) is 0 Å². The van der Waals surface area contributed by atoms with Crippen molar-refractivity contribution in [1.29, 1.82) is 5.26 Å². The third-order valence-electron chi connectivity index (χ3n) is 4.22. The minimum atomic E-state index is -2.24. The fourth-order valence-corrected chi connectivity index (χ4v) is 3.75.